The van der Waals surface area contributed by atoms with E-state index in [1.807, 2.05) is 0 Å². The number of rotatable bonds is 3. The lowest BCUT2D eigenvalue weighted by atomic mass is 9.88. The highest BCUT2D eigenvalue weighted by Gasteiger charge is 2.51. The van der Waals surface area contributed by atoms with Gasteiger partial charge >= 0.3 is 18.1 Å². The maximum Gasteiger partial charge on any atom is 0.471 e. The zero-order chi connectivity index (χ0) is 13.3. The third-order valence-electron chi connectivity index (χ3n) is 2.76. The first-order valence-electron chi connectivity index (χ1n) is 4.81. The van der Waals surface area contributed by atoms with Gasteiger partial charge in [0.25, 0.3) is 0 Å². The number of likely N-dealkylation sites (tertiary alicyclic amines) is 1. The predicted molar refractivity (Wildman–Crippen MR) is 49.2 cm³/mol. The minimum Gasteiger partial charge on any atom is -0.481 e. The molecule has 1 rings (SSSR count). The van der Waals surface area contributed by atoms with Crippen molar-refractivity contribution >= 4 is 11.9 Å². The second-order valence-corrected chi connectivity index (χ2v) is 3.99. The van der Waals surface area contributed by atoms with Crippen LogP contribution in [0.5, 0.6) is 0 Å². The molecule has 0 spiro atoms. The molecule has 8 heteroatoms. The molecule has 1 aliphatic heterocycles. The number of ether oxygens (including phenoxy) is 1. The van der Waals surface area contributed by atoms with Crippen LogP contribution in [0.1, 0.15) is 6.42 Å². The number of alkyl halides is 3. The Labute approximate surface area is 95.1 Å². The number of carbonyl (C=O) groups excluding carboxylic acids is 1. The number of amides is 1. The third-order valence-corrected chi connectivity index (χ3v) is 2.76. The first kappa shape index (κ1) is 13.8. The molecule has 0 aromatic rings. The summed E-state index contributed by atoms with van der Waals surface area (Å²) in [5.74, 6) is -3.26. The van der Waals surface area contributed by atoms with Gasteiger partial charge in [0.15, 0.2) is 0 Å². The van der Waals surface area contributed by atoms with Gasteiger partial charge in [-0.05, 0) is 6.42 Å². The first-order valence-corrected chi connectivity index (χ1v) is 4.81. The van der Waals surface area contributed by atoms with Gasteiger partial charge in [0, 0.05) is 20.2 Å². The molecule has 0 aromatic carbocycles. The van der Waals surface area contributed by atoms with Gasteiger partial charge in [0.05, 0.1) is 6.61 Å². The summed E-state index contributed by atoms with van der Waals surface area (Å²) in [6, 6.07) is 0. The normalized spacial score (nSPS) is 25.1. The number of hydrogen-bond donors (Lipinski definition) is 1. The molecule has 0 aromatic heterocycles. The molecular weight excluding hydrogens is 243 g/mol. The maximum absolute atomic E-state index is 12.2. The Balaban J connectivity index is 2.80. The first-order chi connectivity index (χ1) is 7.73. The standard InChI is InChI=1S/C9H12F3NO4/c1-17-5-8(7(15)16)2-3-13(4-8)6(14)9(10,11)12/h2-5H2,1H3,(H,15,16). The third kappa shape index (κ3) is 2.68. The molecule has 1 amide bonds. The Morgan fingerprint density at radius 2 is 2.06 bits per heavy atom. The molecule has 1 fully saturated rings. The molecule has 1 atom stereocenters. The predicted octanol–water partition coefficient (Wildman–Crippen LogP) is 0.498. The number of carbonyl (C=O) groups is 2. The van der Waals surface area contributed by atoms with Crippen molar-refractivity contribution in [2.24, 2.45) is 5.41 Å². The van der Waals surface area contributed by atoms with Gasteiger partial charge in [-0.3, -0.25) is 9.59 Å². The Bertz CT molecular complexity index is 331. The number of carboxylic acids is 1. The highest BCUT2D eigenvalue weighted by molar-refractivity contribution is 5.84. The number of aliphatic carboxylic acids is 1. The van der Waals surface area contributed by atoms with Crippen LogP contribution < -0.4 is 0 Å². The van der Waals surface area contributed by atoms with E-state index in [0.29, 0.717) is 4.90 Å². The van der Waals surface area contributed by atoms with Gasteiger partial charge < -0.3 is 14.7 Å². The summed E-state index contributed by atoms with van der Waals surface area (Å²) in [6.45, 7) is -0.924. The molecule has 1 unspecified atom stereocenters. The summed E-state index contributed by atoms with van der Waals surface area (Å²) < 4.78 is 41.2. The Hall–Kier alpha value is -1.31. The van der Waals surface area contributed by atoms with Crippen molar-refractivity contribution in [3.63, 3.8) is 0 Å². The van der Waals surface area contributed by atoms with Crippen molar-refractivity contribution in [1.82, 2.24) is 4.90 Å². The number of methoxy groups -OCH3 is 1. The Morgan fingerprint density at radius 3 is 2.47 bits per heavy atom. The highest BCUT2D eigenvalue weighted by atomic mass is 19.4. The van der Waals surface area contributed by atoms with E-state index < -0.39 is 30.0 Å². The van der Waals surface area contributed by atoms with E-state index in [9.17, 15) is 22.8 Å². The molecule has 98 valence electrons. The van der Waals surface area contributed by atoms with E-state index in [1.165, 1.54) is 7.11 Å². The molecule has 1 heterocycles. The van der Waals surface area contributed by atoms with Crippen LogP contribution in [-0.2, 0) is 14.3 Å². The van der Waals surface area contributed by atoms with Crippen molar-refractivity contribution in [2.75, 3.05) is 26.8 Å². The van der Waals surface area contributed by atoms with Crippen LogP contribution in [0.25, 0.3) is 0 Å². The summed E-state index contributed by atoms with van der Waals surface area (Å²) in [5.41, 5.74) is -1.43. The maximum atomic E-state index is 12.2. The van der Waals surface area contributed by atoms with Gasteiger partial charge in [-0.1, -0.05) is 0 Å². The summed E-state index contributed by atoms with van der Waals surface area (Å²) in [6.07, 6.45) is -5.01. The minimum absolute atomic E-state index is 0.0437. The van der Waals surface area contributed by atoms with Crippen LogP contribution in [0.2, 0.25) is 0 Å². The molecule has 0 saturated carbocycles. The molecule has 1 saturated heterocycles. The number of halogens is 3. The zero-order valence-corrected chi connectivity index (χ0v) is 9.08. The van der Waals surface area contributed by atoms with Crippen molar-refractivity contribution in [2.45, 2.75) is 12.6 Å². The largest absolute Gasteiger partial charge is 0.481 e. The van der Waals surface area contributed by atoms with Crippen LogP contribution in [0.15, 0.2) is 0 Å². The molecule has 1 aliphatic rings. The van der Waals surface area contributed by atoms with Crippen LogP contribution in [-0.4, -0.2) is 54.9 Å². The smallest absolute Gasteiger partial charge is 0.471 e. The zero-order valence-electron chi connectivity index (χ0n) is 9.08. The molecule has 1 N–H and O–H groups in total. The Kier molecular flexibility index (Phi) is 3.65. The van der Waals surface area contributed by atoms with Crippen LogP contribution in [0.4, 0.5) is 13.2 Å². The van der Waals surface area contributed by atoms with Gasteiger partial charge in [-0.2, -0.15) is 13.2 Å². The van der Waals surface area contributed by atoms with Crippen LogP contribution >= 0.6 is 0 Å². The van der Waals surface area contributed by atoms with E-state index in [1.54, 1.807) is 0 Å². The second-order valence-electron chi connectivity index (χ2n) is 3.99. The van der Waals surface area contributed by atoms with Crippen molar-refractivity contribution < 1.29 is 32.6 Å². The number of carboxylic acid groups (broad SMARTS) is 1. The van der Waals surface area contributed by atoms with E-state index in [0.717, 1.165) is 0 Å². The average Bonchev–Trinajstić information content (AvgIpc) is 2.61. The second kappa shape index (κ2) is 4.52. The molecular formula is C9H12F3NO4. The van der Waals surface area contributed by atoms with Gasteiger partial charge in [0.2, 0.25) is 0 Å². The van der Waals surface area contributed by atoms with Crippen molar-refractivity contribution in [3.05, 3.63) is 0 Å². The molecule has 5 nitrogen and oxygen atoms in total. The quantitative estimate of drug-likeness (QED) is 0.797. The van der Waals surface area contributed by atoms with E-state index in [2.05, 4.69) is 0 Å². The number of nitrogens with zero attached hydrogens (tertiary/aromatic N) is 1. The lowest BCUT2D eigenvalue weighted by molar-refractivity contribution is -0.185. The lowest BCUT2D eigenvalue weighted by Crippen LogP contribution is -2.44. The SMILES string of the molecule is COCC1(C(=O)O)CCN(C(=O)C(F)(F)F)C1. The van der Waals surface area contributed by atoms with E-state index >= 15 is 0 Å². The fourth-order valence-electron chi connectivity index (χ4n) is 1.86. The summed E-state index contributed by atoms with van der Waals surface area (Å²) in [7, 11) is 1.26. The minimum atomic E-state index is -4.97. The summed E-state index contributed by atoms with van der Waals surface area (Å²) in [4.78, 5) is 22.5. The monoisotopic (exact) mass is 255 g/mol. The average molecular weight is 255 g/mol. The summed E-state index contributed by atoms with van der Waals surface area (Å²) in [5, 5.41) is 9.00. The highest BCUT2D eigenvalue weighted by Crippen LogP contribution is 2.33. The topological polar surface area (TPSA) is 66.8 Å². The van der Waals surface area contributed by atoms with E-state index in [-0.39, 0.29) is 19.6 Å². The van der Waals surface area contributed by atoms with Gasteiger partial charge in [-0.15, -0.1) is 0 Å². The molecule has 0 radical (unpaired) electrons. The molecule has 0 aliphatic carbocycles. The van der Waals surface area contributed by atoms with Gasteiger partial charge in [0.1, 0.15) is 5.41 Å². The van der Waals surface area contributed by atoms with E-state index in [4.69, 9.17) is 9.84 Å². The molecule has 17 heavy (non-hydrogen) atoms. The fourth-order valence-corrected chi connectivity index (χ4v) is 1.86. The van der Waals surface area contributed by atoms with Crippen LogP contribution in [0, 0.1) is 5.41 Å². The number of hydrogen-bond acceptors (Lipinski definition) is 3. The van der Waals surface area contributed by atoms with Crippen LogP contribution in [0.3, 0.4) is 0 Å². The molecule has 0 bridgehead atoms. The van der Waals surface area contributed by atoms with Gasteiger partial charge in [-0.25, -0.2) is 0 Å². The Morgan fingerprint density at radius 1 is 1.47 bits per heavy atom. The van der Waals surface area contributed by atoms with Crippen molar-refractivity contribution in [3.8, 4) is 0 Å². The summed E-state index contributed by atoms with van der Waals surface area (Å²) >= 11 is 0. The fraction of sp³-hybridized carbons (Fsp3) is 0.778. The lowest BCUT2D eigenvalue weighted by Gasteiger charge is -2.24. The van der Waals surface area contributed by atoms with Crippen molar-refractivity contribution in [1.29, 1.82) is 0 Å².